The summed E-state index contributed by atoms with van der Waals surface area (Å²) in [6.45, 7) is 12.6. The molecule has 0 spiro atoms. The summed E-state index contributed by atoms with van der Waals surface area (Å²) in [7, 11) is 0. The molecule has 0 saturated carbocycles. The van der Waals surface area contributed by atoms with Gasteiger partial charge in [-0.3, -0.25) is 4.79 Å². The first kappa shape index (κ1) is 20.2. The Labute approximate surface area is 168 Å². The maximum Gasteiger partial charge on any atom is 0.257 e. The zero-order valence-corrected chi connectivity index (χ0v) is 17.5. The van der Waals surface area contributed by atoms with Gasteiger partial charge in [-0.2, -0.15) is 0 Å². The van der Waals surface area contributed by atoms with Gasteiger partial charge < -0.3 is 15.1 Å². The molecule has 28 heavy (non-hydrogen) atoms. The second-order valence-electron chi connectivity index (χ2n) is 7.70. The third-order valence-corrected chi connectivity index (χ3v) is 5.70. The Balaban J connectivity index is 1.66. The van der Waals surface area contributed by atoms with E-state index in [0.29, 0.717) is 5.56 Å². The molecule has 1 saturated heterocycles. The number of aryl methyl sites for hydroxylation is 1. The minimum Gasteiger partial charge on any atom is -0.372 e. The molecular formula is C23H32N4O. The summed E-state index contributed by atoms with van der Waals surface area (Å²) in [6, 6.07) is 10.0. The first-order valence-electron chi connectivity index (χ1n) is 10.4. The third kappa shape index (κ3) is 4.64. The Morgan fingerprint density at radius 1 is 1.18 bits per heavy atom. The van der Waals surface area contributed by atoms with E-state index >= 15 is 0 Å². The molecule has 1 N–H and O–H groups in total. The number of amides is 1. The predicted molar refractivity (Wildman–Crippen MR) is 118 cm³/mol. The minimum atomic E-state index is -0.120. The van der Waals surface area contributed by atoms with Crippen molar-refractivity contribution in [2.24, 2.45) is 5.92 Å². The number of benzene rings is 1. The van der Waals surface area contributed by atoms with Gasteiger partial charge in [0, 0.05) is 43.8 Å². The molecule has 5 nitrogen and oxygen atoms in total. The average Bonchev–Trinajstić information content (AvgIpc) is 2.71. The lowest BCUT2D eigenvalue weighted by Crippen LogP contribution is -2.33. The smallest absolute Gasteiger partial charge is 0.257 e. The van der Waals surface area contributed by atoms with Gasteiger partial charge in [-0.1, -0.05) is 6.92 Å². The fourth-order valence-electron chi connectivity index (χ4n) is 3.71. The summed E-state index contributed by atoms with van der Waals surface area (Å²) in [5.41, 5.74) is 3.67. The fraction of sp³-hybridized carbons (Fsp3) is 0.478. The van der Waals surface area contributed by atoms with Crippen molar-refractivity contribution < 1.29 is 4.79 Å². The van der Waals surface area contributed by atoms with Crippen LogP contribution in [0.15, 0.2) is 36.5 Å². The van der Waals surface area contributed by atoms with Crippen molar-refractivity contribution in [3.63, 3.8) is 0 Å². The van der Waals surface area contributed by atoms with Crippen molar-refractivity contribution in [2.75, 3.05) is 41.3 Å². The number of anilines is 3. The van der Waals surface area contributed by atoms with Crippen LogP contribution in [0.1, 0.15) is 49.5 Å². The van der Waals surface area contributed by atoms with Gasteiger partial charge in [-0.05, 0) is 75.4 Å². The summed E-state index contributed by atoms with van der Waals surface area (Å²) in [4.78, 5) is 21.8. The molecule has 5 heteroatoms. The van der Waals surface area contributed by atoms with Crippen LogP contribution in [0.4, 0.5) is 17.2 Å². The Hall–Kier alpha value is -2.56. The highest BCUT2D eigenvalue weighted by Gasteiger charge is 2.17. The molecule has 1 aliphatic rings. The van der Waals surface area contributed by atoms with Crippen LogP contribution in [0, 0.1) is 12.8 Å². The summed E-state index contributed by atoms with van der Waals surface area (Å²) < 4.78 is 0. The quantitative estimate of drug-likeness (QED) is 0.787. The van der Waals surface area contributed by atoms with Crippen LogP contribution in [-0.4, -0.2) is 37.1 Å². The largest absolute Gasteiger partial charge is 0.372 e. The van der Waals surface area contributed by atoms with Crippen LogP contribution < -0.4 is 15.1 Å². The van der Waals surface area contributed by atoms with Gasteiger partial charge in [0.1, 0.15) is 5.82 Å². The Morgan fingerprint density at radius 3 is 2.46 bits per heavy atom. The van der Waals surface area contributed by atoms with Gasteiger partial charge in [-0.15, -0.1) is 0 Å². The molecular weight excluding hydrogens is 348 g/mol. The zero-order chi connectivity index (χ0) is 20.1. The van der Waals surface area contributed by atoms with E-state index < -0.39 is 0 Å². The SMILES string of the molecule is CCN(CC)c1ccc(NC(=O)c2ccc(N3CCC(C)CC3)nc2)c(C)c1. The zero-order valence-electron chi connectivity index (χ0n) is 17.5. The van der Waals surface area contributed by atoms with Crippen molar-refractivity contribution in [2.45, 2.75) is 40.5 Å². The van der Waals surface area contributed by atoms with E-state index in [1.807, 2.05) is 25.1 Å². The monoisotopic (exact) mass is 380 g/mol. The normalized spacial score (nSPS) is 14.8. The lowest BCUT2D eigenvalue weighted by Gasteiger charge is -2.31. The molecule has 1 aliphatic heterocycles. The van der Waals surface area contributed by atoms with E-state index in [0.717, 1.165) is 49.2 Å². The molecule has 0 radical (unpaired) electrons. The van der Waals surface area contributed by atoms with E-state index in [1.165, 1.54) is 18.5 Å². The highest BCUT2D eigenvalue weighted by molar-refractivity contribution is 6.04. The van der Waals surface area contributed by atoms with Gasteiger partial charge in [-0.25, -0.2) is 4.98 Å². The van der Waals surface area contributed by atoms with Gasteiger partial charge in [0.25, 0.3) is 5.91 Å². The van der Waals surface area contributed by atoms with Gasteiger partial charge >= 0.3 is 0 Å². The van der Waals surface area contributed by atoms with E-state index in [9.17, 15) is 4.79 Å². The van der Waals surface area contributed by atoms with Crippen LogP contribution in [-0.2, 0) is 0 Å². The first-order chi connectivity index (χ1) is 13.5. The molecule has 1 fully saturated rings. The second kappa shape index (κ2) is 9.09. The summed E-state index contributed by atoms with van der Waals surface area (Å²) >= 11 is 0. The van der Waals surface area contributed by atoms with Gasteiger partial charge in [0.2, 0.25) is 0 Å². The maximum absolute atomic E-state index is 12.7. The number of nitrogens with zero attached hydrogens (tertiary/aromatic N) is 3. The molecule has 1 aromatic heterocycles. The van der Waals surface area contributed by atoms with E-state index in [2.05, 4.69) is 53.0 Å². The molecule has 3 rings (SSSR count). The topological polar surface area (TPSA) is 48.5 Å². The molecule has 2 aromatic rings. The second-order valence-corrected chi connectivity index (χ2v) is 7.70. The standard InChI is InChI=1S/C23H32N4O/c1-5-26(6-2)20-8-9-21(18(4)15-20)25-23(28)19-7-10-22(24-16-19)27-13-11-17(3)12-14-27/h7-10,15-17H,5-6,11-14H2,1-4H3,(H,25,28). The highest BCUT2D eigenvalue weighted by Crippen LogP contribution is 2.24. The first-order valence-corrected chi connectivity index (χ1v) is 10.4. The van der Waals surface area contributed by atoms with Crippen LogP contribution in [0.5, 0.6) is 0 Å². The Morgan fingerprint density at radius 2 is 1.89 bits per heavy atom. The molecule has 150 valence electrons. The number of hydrogen-bond acceptors (Lipinski definition) is 4. The predicted octanol–water partition coefficient (Wildman–Crippen LogP) is 4.72. The van der Waals surface area contributed by atoms with Crippen molar-refractivity contribution in [1.29, 1.82) is 0 Å². The van der Waals surface area contributed by atoms with Crippen molar-refractivity contribution >= 4 is 23.1 Å². The van der Waals surface area contributed by atoms with Crippen molar-refractivity contribution in [3.05, 3.63) is 47.7 Å². The number of piperidine rings is 1. The summed E-state index contributed by atoms with van der Waals surface area (Å²) in [5.74, 6) is 1.63. The summed E-state index contributed by atoms with van der Waals surface area (Å²) in [5, 5.41) is 3.02. The number of hydrogen-bond donors (Lipinski definition) is 1. The molecule has 0 bridgehead atoms. The fourth-order valence-corrected chi connectivity index (χ4v) is 3.71. The van der Waals surface area contributed by atoms with Crippen molar-refractivity contribution in [3.8, 4) is 0 Å². The third-order valence-electron chi connectivity index (χ3n) is 5.70. The van der Waals surface area contributed by atoms with E-state index in [1.54, 1.807) is 6.20 Å². The molecule has 1 amide bonds. The highest BCUT2D eigenvalue weighted by atomic mass is 16.1. The van der Waals surface area contributed by atoms with Crippen LogP contribution >= 0.6 is 0 Å². The number of carbonyl (C=O) groups excluding carboxylic acids is 1. The summed E-state index contributed by atoms with van der Waals surface area (Å²) in [6.07, 6.45) is 4.08. The molecule has 1 aromatic carbocycles. The molecule has 2 heterocycles. The lowest BCUT2D eigenvalue weighted by atomic mass is 9.99. The maximum atomic E-state index is 12.7. The average molecular weight is 381 g/mol. The number of nitrogens with one attached hydrogen (secondary N) is 1. The Kier molecular flexibility index (Phi) is 6.55. The van der Waals surface area contributed by atoms with E-state index in [4.69, 9.17) is 0 Å². The van der Waals surface area contributed by atoms with Crippen molar-refractivity contribution in [1.82, 2.24) is 4.98 Å². The Bertz CT molecular complexity index is 791. The molecule has 0 unspecified atom stereocenters. The van der Waals surface area contributed by atoms with Crippen LogP contribution in [0.25, 0.3) is 0 Å². The molecule has 0 aliphatic carbocycles. The lowest BCUT2D eigenvalue weighted by molar-refractivity contribution is 0.102. The number of rotatable bonds is 6. The number of pyridine rings is 1. The van der Waals surface area contributed by atoms with Gasteiger partial charge in [0.15, 0.2) is 0 Å². The minimum absolute atomic E-state index is 0.120. The number of aromatic nitrogens is 1. The molecule has 0 atom stereocenters. The number of carbonyl (C=O) groups is 1. The van der Waals surface area contributed by atoms with Gasteiger partial charge in [0.05, 0.1) is 5.56 Å². The van der Waals surface area contributed by atoms with Crippen LogP contribution in [0.2, 0.25) is 0 Å². The van der Waals surface area contributed by atoms with E-state index in [-0.39, 0.29) is 5.91 Å². The van der Waals surface area contributed by atoms with Crippen LogP contribution in [0.3, 0.4) is 0 Å².